The van der Waals surface area contributed by atoms with Gasteiger partial charge in [-0.1, -0.05) is 19.1 Å². The number of fused-ring (bicyclic) bond motifs is 3. The molecular formula is C33H40N4O9. The van der Waals surface area contributed by atoms with Gasteiger partial charge in [-0.15, -0.1) is 0 Å². The number of aliphatic hydroxyl groups excluding tert-OH is 3. The van der Waals surface area contributed by atoms with Gasteiger partial charge in [-0.25, -0.2) is 0 Å². The van der Waals surface area contributed by atoms with Gasteiger partial charge in [0.2, 0.25) is 11.7 Å². The minimum atomic E-state index is -2.75. The third kappa shape index (κ3) is 4.89. The normalized spacial score (nSPS) is 31.0. The van der Waals surface area contributed by atoms with Crippen molar-refractivity contribution in [3.63, 3.8) is 0 Å². The van der Waals surface area contributed by atoms with Crippen LogP contribution in [0.15, 0.2) is 70.0 Å². The molecule has 4 aliphatic carbocycles. The van der Waals surface area contributed by atoms with Crippen molar-refractivity contribution in [1.82, 2.24) is 15.1 Å². The van der Waals surface area contributed by atoms with Crippen LogP contribution in [0.4, 0.5) is 0 Å². The monoisotopic (exact) mass is 636 g/mol. The van der Waals surface area contributed by atoms with Gasteiger partial charge in [0.05, 0.1) is 25.3 Å². The molecule has 0 bridgehead atoms. The van der Waals surface area contributed by atoms with Gasteiger partial charge in [-0.2, -0.15) is 0 Å². The number of ether oxygens (including phenoxy) is 1. The second-order valence-corrected chi connectivity index (χ2v) is 13.2. The lowest BCUT2D eigenvalue weighted by Gasteiger charge is -2.55. The third-order valence-electron chi connectivity index (χ3n) is 9.87. The van der Waals surface area contributed by atoms with Crippen molar-refractivity contribution in [2.75, 3.05) is 35.3 Å². The largest absolute Gasteiger partial charge is 0.508 e. The average molecular weight is 637 g/mol. The molecule has 5 rings (SSSR count). The summed E-state index contributed by atoms with van der Waals surface area (Å²) in [7, 11) is 8.25. The third-order valence-corrected chi connectivity index (χ3v) is 9.87. The summed E-state index contributed by atoms with van der Waals surface area (Å²) in [6, 6.07) is 5.29. The Bertz CT molecular complexity index is 1650. The van der Waals surface area contributed by atoms with Crippen molar-refractivity contribution in [3.8, 4) is 5.75 Å². The number of primary amides is 1. The molecule has 13 nitrogen and oxygen atoms in total. The zero-order chi connectivity index (χ0) is 34.0. The van der Waals surface area contributed by atoms with Crippen molar-refractivity contribution in [2.24, 2.45) is 23.0 Å². The Hall–Kier alpha value is -4.46. The minimum absolute atomic E-state index is 0.00142. The highest BCUT2D eigenvalue weighted by Gasteiger charge is 2.67. The van der Waals surface area contributed by atoms with Gasteiger partial charge in [-0.05, 0) is 64.8 Å². The number of benzene rings is 1. The molecule has 6 atom stereocenters. The summed E-state index contributed by atoms with van der Waals surface area (Å²) in [5.74, 6) is -6.95. The second-order valence-electron chi connectivity index (χ2n) is 13.2. The van der Waals surface area contributed by atoms with Crippen molar-refractivity contribution >= 4 is 23.4 Å². The van der Waals surface area contributed by atoms with Crippen LogP contribution in [0, 0.1) is 17.3 Å². The summed E-state index contributed by atoms with van der Waals surface area (Å²) in [6.45, 7) is 1.73. The number of aliphatic hydroxyl groups is 4. The van der Waals surface area contributed by atoms with Crippen LogP contribution in [-0.2, 0) is 25.6 Å². The predicted molar refractivity (Wildman–Crippen MR) is 165 cm³/mol. The molecule has 4 aliphatic rings. The van der Waals surface area contributed by atoms with E-state index in [9.17, 15) is 39.6 Å². The van der Waals surface area contributed by atoms with Gasteiger partial charge >= 0.3 is 0 Å². The van der Waals surface area contributed by atoms with Crippen molar-refractivity contribution in [1.29, 1.82) is 0 Å². The molecule has 0 radical (unpaired) electrons. The van der Waals surface area contributed by atoms with Gasteiger partial charge in [0.25, 0.3) is 5.91 Å². The predicted octanol–water partition coefficient (Wildman–Crippen LogP) is 0.962. The number of ketones is 2. The molecule has 46 heavy (non-hydrogen) atoms. The van der Waals surface area contributed by atoms with Crippen LogP contribution < -0.4 is 15.8 Å². The highest BCUT2D eigenvalue weighted by Crippen LogP contribution is 2.60. The van der Waals surface area contributed by atoms with Crippen molar-refractivity contribution in [2.45, 2.75) is 43.9 Å². The minimum Gasteiger partial charge on any atom is -0.508 e. The first-order valence-electron chi connectivity index (χ1n) is 14.9. The van der Waals surface area contributed by atoms with E-state index in [0.29, 0.717) is 11.3 Å². The SMILES string of the molecule is COc1ccc(CC(=O)NC2=CC(N(C)C)C3C[C@@]4(C)CC5[C@@H](N(C)C)C(=O)C(C(N)=O)=C(O)[C@@]5(O)C(=O)C4=C(O)C3=C2O)cc1. The zero-order valence-corrected chi connectivity index (χ0v) is 26.6. The lowest BCUT2D eigenvalue weighted by atomic mass is 9.50. The van der Waals surface area contributed by atoms with E-state index in [-0.39, 0.29) is 36.1 Å². The summed E-state index contributed by atoms with van der Waals surface area (Å²) in [4.78, 5) is 56.4. The number of hydrogen-bond acceptors (Lipinski definition) is 11. The van der Waals surface area contributed by atoms with E-state index in [4.69, 9.17) is 10.5 Å². The molecule has 0 aliphatic heterocycles. The number of rotatable bonds is 7. The summed E-state index contributed by atoms with van der Waals surface area (Å²) < 4.78 is 5.16. The summed E-state index contributed by atoms with van der Waals surface area (Å²) >= 11 is 0. The highest BCUT2D eigenvalue weighted by molar-refractivity contribution is 6.24. The fourth-order valence-electron chi connectivity index (χ4n) is 7.76. The fourth-order valence-corrected chi connectivity index (χ4v) is 7.76. The van der Waals surface area contributed by atoms with Gasteiger partial charge in [0, 0.05) is 34.4 Å². The Morgan fingerprint density at radius 2 is 1.65 bits per heavy atom. The second kappa shape index (κ2) is 11.4. The van der Waals surface area contributed by atoms with E-state index >= 15 is 0 Å². The quantitative estimate of drug-likeness (QED) is 0.233. The van der Waals surface area contributed by atoms with Crippen LogP contribution in [0.1, 0.15) is 25.3 Å². The first-order valence-corrected chi connectivity index (χ1v) is 14.9. The highest BCUT2D eigenvalue weighted by atomic mass is 16.5. The lowest BCUT2D eigenvalue weighted by Crippen LogP contribution is -2.67. The Kier molecular flexibility index (Phi) is 8.16. The molecular weight excluding hydrogens is 596 g/mol. The molecule has 0 heterocycles. The van der Waals surface area contributed by atoms with Crippen LogP contribution in [0.3, 0.4) is 0 Å². The van der Waals surface area contributed by atoms with Crippen LogP contribution in [0.5, 0.6) is 5.75 Å². The Labute approximate surface area is 266 Å². The lowest BCUT2D eigenvalue weighted by molar-refractivity contribution is -0.157. The van der Waals surface area contributed by atoms with Crippen LogP contribution in [-0.4, -0.2) is 107 Å². The Balaban J connectivity index is 1.61. The number of carbonyl (C=O) groups excluding carboxylic acids is 4. The molecule has 0 aromatic heterocycles. The van der Waals surface area contributed by atoms with Crippen LogP contribution in [0.25, 0.3) is 0 Å². The Morgan fingerprint density at radius 1 is 1.02 bits per heavy atom. The number of likely N-dealkylation sites (N-methyl/N-ethyl adjacent to an activating group) is 2. The fraction of sp³-hybridized carbons (Fsp3) is 0.455. The van der Waals surface area contributed by atoms with Gasteiger partial charge in [0.1, 0.15) is 28.6 Å². The van der Waals surface area contributed by atoms with E-state index in [1.165, 1.54) is 12.0 Å². The van der Waals surface area contributed by atoms with Crippen LogP contribution >= 0.6 is 0 Å². The summed E-state index contributed by atoms with van der Waals surface area (Å²) in [5, 5.41) is 49.1. The van der Waals surface area contributed by atoms with Crippen molar-refractivity contribution < 1.29 is 44.3 Å². The number of nitrogens with one attached hydrogen (secondary N) is 1. The molecule has 246 valence electrons. The number of methoxy groups -OCH3 is 1. The maximum absolute atomic E-state index is 14.3. The molecule has 0 spiro atoms. The first-order chi connectivity index (χ1) is 21.5. The van der Waals surface area contributed by atoms with E-state index < -0.39 is 81.2 Å². The van der Waals surface area contributed by atoms with Crippen molar-refractivity contribution in [3.05, 3.63) is 75.6 Å². The topological polar surface area (TPSA) is 203 Å². The maximum atomic E-state index is 14.3. The number of nitrogens with two attached hydrogens (primary N) is 1. The first kappa shape index (κ1) is 32.9. The molecule has 1 aromatic carbocycles. The Morgan fingerprint density at radius 3 is 2.20 bits per heavy atom. The van der Waals surface area contributed by atoms with Gasteiger partial charge < -0.3 is 41.1 Å². The molecule has 13 heteroatoms. The molecule has 2 amide bonds. The molecule has 3 unspecified atom stereocenters. The summed E-state index contributed by atoms with van der Waals surface area (Å²) in [6.07, 6.45) is 1.85. The number of carbonyl (C=O) groups is 4. The number of amides is 2. The molecule has 1 saturated carbocycles. The average Bonchev–Trinajstić information content (AvgIpc) is 2.96. The molecule has 1 aromatic rings. The van der Waals surface area contributed by atoms with E-state index in [1.807, 2.05) is 4.90 Å². The van der Waals surface area contributed by atoms with Gasteiger partial charge in [-0.3, -0.25) is 24.1 Å². The molecule has 7 N–H and O–H groups in total. The van der Waals surface area contributed by atoms with E-state index in [0.717, 1.165) is 0 Å². The van der Waals surface area contributed by atoms with Crippen LogP contribution in [0.2, 0.25) is 0 Å². The summed E-state index contributed by atoms with van der Waals surface area (Å²) in [5.41, 5.74) is 1.15. The molecule has 1 fully saturated rings. The number of nitrogens with zero attached hydrogens (tertiary/aromatic N) is 2. The number of Topliss-reactive ketones (excluding diaryl/α,β-unsaturated/α-hetero) is 2. The van der Waals surface area contributed by atoms with Gasteiger partial charge in [0.15, 0.2) is 11.4 Å². The zero-order valence-electron chi connectivity index (χ0n) is 26.6. The van der Waals surface area contributed by atoms with E-state index in [1.54, 1.807) is 65.5 Å². The number of allylic oxidation sites excluding steroid dienone is 1. The van der Waals surface area contributed by atoms with E-state index in [2.05, 4.69) is 5.32 Å². The molecule has 0 saturated heterocycles. The number of hydrogen-bond donors (Lipinski definition) is 6. The standard InChI is InChI=1S/C33H40N4O9/c1-32-13-17-20(36(2)3)12-19(35-21(38)11-15-7-9-16(46-6)10-8-15)26(39)22(17)27(40)24(32)30(43)33(45)18(14-32)25(37(4)5)28(41)23(29(33)42)31(34)44/h7-10,12,17-18,20,25,39-40,42,45H,11,13-14H2,1-6H3,(H2,34,44)(H,35,38)/t17?,18?,20?,25-,32+,33-/m1/s1. The smallest absolute Gasteiger partial charge is 0.255 e. The maximum Gasteiger partial charge on any atom is 0.255 e.